The van der Waals surface area contributed by atoms with Gasteiger partial charge in [0.2, 0.25) is 11.8 Å². The number of rotatable bonds is 7. The van der Waals surface area contributed by atoms with Crippen molar-refractivity contribution in [2.75, 3.05) is 25.4 Å². The van der Waals surface area contributed by atoms with Gasteiger partial charge in [0.25, 0.3) is 5.91 Å². The number of alkyl halides is 2. The van der Waals surface area contributed by atoms with E-state index in [9.17, 15) is 36.1 Å². The molecule has 0 saturated carbocycles. The second kappa shape index (κ2) is 12.7. The molecule has 2 aliphatic rings. The van der Waals surface area contributed by atoms with Crippen LogP contribution in [0.25, 0.3) is 10.1 Å². The van der Waals surface area contributed by atoms with Gasteiger partial charge in [-0.2, -0.15) is 8.78 Å². The Morgan fingerprint density at radius 3 is 2.36 bits per heavy atom. The highest BCUT2D eigenvalue weighted by molar-refractivity contribution is 7.91. The first-order valence-electron chi connectivity index (χ1n) is 15.0. The van der Waals surface area contributed by atoms with Gasteiger partial charge in [0.05, 0.1) is 10.6 Å². The van der Waals surface area contributed by atoms with E-state index in [4.69, 9.17) is 9.79 Å². The summed E-state index contributed by atoms with van der Waals surface area (Å²) in [7, 11) is -9.28. The van der Waals surface area contributed by atoms with E-state index in [1.165, 1.54) is 21.9 Å². The fraction of sp³-hybridized carbons (Fsp3) is 0.452. The molecule has 11 nitrogen and oxygen atoms in total. The van der Waals surface area contributed by atoms with Crippen LogP contribution in [0.5, 0.6) is 0 Å². The zero-order valence-electron chi connectivity index (χ0n) is 25.9. The summed E-state index contributed by atoms with van der Waals surface area (Å²) in [5.74, 6) is -1.68. The fourth-order valence-corrected chi connectivity index (χ4v) is 9.15. The number of carbonyl (C=O) groups is 3. The Morgan fingerprint density at radius 2 is 1.72 bits per heavy atom. The Balaban J connectivity index is 1.34. The lowest BCUT2D eigenvalue weighted by Crippen LogP contribution is -2.59. The average Bonchev–Trinajstić information content (AvgIpc) is 3.66. The predicted octanol–water partition coefficient (Wildman–Crippen LogP) is 4.26. The molecule has 3 heterocycles. The number of halogens is 2. The monoisotopic (exact) mass is 711 g/mol. The number of hydrogen-bond donors (Lipinski definition) is 3. The zero-order valence-corrected chi connectivity index (χ0v) is 28.5. The molecule has 2 aromatic carbocycles. The van der Waals surface area contributed by atoms with E-state index < -0.39 is 63.2 Å². The first kappa shape index (κ1) is 35.1. The largest absolute Gasteiger partial charge is 0.399 e. The van der Waals surface area contributed by atoms with Crippen molar-refractivity contribution >= 4 is 56.6 Å². The SMILES string of the molecule is CC(C)(C)C(NC(=O)c1cc2cc(C(F)(F)P(=O)(O)O)ccc2s1)C(=O)N1CCC[C@H]1C(=O)N1CCS(=O)(=O)[C@@H](c2ccccc2)C1. The summed E-state index contributed by atoms with van der Waals surface area (Å²) in [5, 5.41) is 2.05. The predicted molar refractivity (Wildman–Crippen MR) is 173 cm³/mol. The van der Waals surface area contributed by atoms with E-state index in [0.717, 1.165) is 23.5 Å². The quantitative estimate of drug-likeness (QED) is 0.307. The van der Waals surface area contributed by atoms with Crippen molar-refractivity contribution in [3.63, 3.8) is 0 Å². The van der Waals surface area contributed by atoms with Crippen LogP contribution in [0.2, 0.25) is 0 Å². The third-order valence-electron chi connectivity index (χ3n) is 8.61. The number of nitrogens with one attached hydrogen (secondary N) is 1. The van der Waals surface area contributed by atoms with Gasteiger partial charge in [0.1, 0.15) is 17.3 Å². The smallest absolute Gasteiger partial charge is 0.339 e. The summed E-state index contributed by atoms with van der Waals surface area (Å²) in [6, 6.07) is 11.1. The lowest BCUT2D eigenvalue weighted by molar-refractivity contribution is -0.146. The van der Waals surface area contributed by atoms with E-state index >= 15 is 0 Å². The minimum absolute atomic E-state index is 0.0101. The molecule has 2 fully saturated rings. The summed E-state index contributed by atoms with van der Waals surface area (Å²) in [6.45, 7) is 5.51. The van der Waals surface area contributed by atoms with E-state index in [-0.39, 0.29) is 41.6 Å². The number of thiophene rings is 1. The molecule has 1 unspecified atom stereocenters. The Morgan fingerprint density at radius 1 is 1.04 bits per heavy atom. The first-order valence-corrected chi connectivity index (χ1v) is 19.1. The van der Waals surface area contributed by atoms with Crippen LogP contribution in [0.4, 0.5) is 8.78 Å². The first-order chi connectivity index (χ1) is 21.8. The van der Waals surface area contributed by atoms with Crippen molar-refractivity contribution in [1.29, 1.82) is 0 Å². The Bertz CT molecular complexity index is 1860. The Labute approximate surface area is 275 Å². The van der Waals surface area contributed by atoms with Gasteiger partial charge in [-0.3, -0.25) is 18.9 Å². The highest BCUT2D eigenvalue weighted by Gasteiger charge is 2.50. The number of likely N-dealkylation sites (tertiary alicyclic amines) is 1. The van der Waals surface area contributed by atoms with Crippen LogP contribution < -0.4 is 5.32 Å². The molecule has 254 valence electrons. The van der Waals surface area contributed by atoms with Crippen LogP contribution in [0.15, 0.2) is 54.6 Å². The van der Waals surface area contributed by atoms with E-state index in [1.54, 1.807) is 51.1 Å². The summed E-state index contributed by atoms with van der Waals surface area (Å²) in [6.07, 6.45) is 0.922. The fourth-order valence-electron chi connectivity index (χ4n) is 5.99. The maximum atomic E-state index is 14.3. The highest BCUT2D eigenvalue weighted by atomic mass is 32.2. The van der Waals surface area contributed by atoms with Crippen molar-refractivity contribution in [2.45, 2.75) is 56.6 Å². The molecule has 47 heavy (non-hydrogen) atoms. The molecule has 3 aromatic rings. The zero-order chi connectivity index (χ0) is 34.5. The topological polar surface area (TPSA) is 161 Å². The molecule has 0 radical (unpaired) electrons. The molecule has 0 spiro atoms. The standard InChI is InChI=1S/C31H36F2N3O8PS2/c1-30(2,3)26(34-27(37)24-17-20-16-21(11-12-23(20)46-24)31(32,33)45(40,41)42)29(39)36-13-7-10-22(36)28(38)35-14-15-47(43,44)25(18-35)19-8-5-4-6-9-19/h4-6,8-9,11-12,16-17,22,25-26H,7,10,13-15,18H2,1-3H3,(H,34,37)(H2,40,41,42)/t22-,25+,26?/m0/s1. The molecule has 0 bridgehead atoms. The normalized spacial score (nSPS) is 21.1. The minimum atomic E-state index is -5.79. The minimum Gasteiger partial charge on any atom is -0.339 e. The molecule has 16 heteroatoms. The van der Waals surface area contributed by atoms with E-state index in [0.29, 0.717) is 23.1 Å². The molecule has 1 aromatic heterocycles. The van der Waals surface area contributed by atoms with Crippen LogP contribution >= 0.6 is 18.9 Å². The summed E-state index contributed by atoms with van der Waals surface area (Å²) < 4.78 is 66.2. The molecule has 3 atom stereocenters. The summed E-state index contributed by atoms with van der Waals surface area (Å²) >= 11 is 0.965. The molecule has 2 saturated heterocycles. The highest BCUT2D eigenvalue weighted by Crippen LogP contribution is 2.59. The molecular weight excluding hydrogens is 675 g/mol. The van der Waals surface area contributed by atoms with Crippen LogP contribution in [-0.2, 0) is 29.7 Å². The van der Waals surface area contributed by atoms with Crippen molar-refractivity contribution in [2.24, 2.45) is 5.41 Å². The molecular formula is C31H36F2N3O8PS2. The molecule has 3 amide bonds. The lowest BCUT2D eigenvalue weighted by Gasteiger charge is -2.38. The van der Waals surface area contributed by atoms with E-state index in [2.05, 4.69) is 5.32 Å². The number of carbonyl (C=O) groups excluding carboxylic acids is 3. The molecule has 5 rings (SSSR count). The van der Waals surface area contributed by atoms with Gasteiger partial charge < -0.3 is 24.9 Å². The van der Waals surface area contributed by atoms with Crippen molar-refractivity contribution < 1.29 is 45.9 Å². The van der Waals surface area contributed by atoms with Gasteiger partial charge >= 0.3 is 13.3 Å². The van der Waals surface area contributed by atoms with Gasteiger partial charge in [-0.1, -0.05) is 57.2 Å². The third kappa shape index (κ3) is 7.00. The number of hydrogen-bond acceptors (Lipinski definition) is 7. The van der Waals surface area contributed by atoms with Crippen LogP contribution in [0.3, 0.4) is 0 Å². The second-order valence-corrected chi connectivity index (χ2v) is 18.0. The van der Waals surface area contributed by atoms with Crippen LogP contribution in [-0.4, -0.2) is 83.2 Å². The maximum Gasteiger partial charge on any atom is 0.399 e. The van der Waals surface area contributed by atoms with Gasteiger partial charge in [-0.25, -0.2) is 8.42 Å². The Kier molecular flexibility index (Phi) is 9.45. The number of sulfone groups is 1. The molecule has 0 aliphatic carbocycles. The molecule has 2 aliphatic heterocycles. The van der Waals surface area contributed by atoms with Crippen LogP contribution in [0.1, 0.15) is 59.7 Å². The van der Waals surface area contributed by atoms with E-state index in [1.807, 2.05) is 0 Å². The second-order valence-electron chi connectivity index (χ2n) is 13.0. The van der Waals surface area contributed by atoms with Gasteiger partial charge in [0.15, 0.2) is 9.84 Å². The summed E-state index contributed by atoms with van der Waals surface area (Å²) in [4.78, 5) is 62.6. The summed E-state index contributed by atoms with van der Waals surface area (Å²) in [5.41, 5.74) is -5.52. The lowest BCUT2D eigenvalue weighted by atomic mass is 9.85. The number of nitrogens with zero attached hydrogens (tertiary/aromatic N) is 2. The third-order valence-corrected chi connectivity index (χ3v) is 12.8. The van der Waals surface area contributed by atoms with Gasteiger partial charge in [-0.05, 0) is 47.4 Å². The molecule has 3 N–H and O–H groups in total. The van der Waals surface area contributed by atoms with Crippen LogP contribution in [0, 0.1) is 5.41 Å². The van der Waals surface area contributed by atoms with Crippen molar-refractivity contribution in [3.05, 3.63) is 70.6 Å². The maximum absolute atomic E-state index is 14.3. The number of fused-ring (bicyclic) bond motifs is 1. The number of benzene rings is 2. The average molecular weight is 712 g/mol. The Hall–Kier alpha value is -3.23. The van der Waals surface area contributed by atoms with Gasteiger partial charge in [-0.15, -0.1) is 11.3 Å². The van der Waals surface area contributed by atoms with Crippen molar-refractivity contribution in [3.8, 4) is 0 Å². The van der Waals surface area contributed by atoms with Gasteiger partial charge in [0, 0.05) is 29.9 Å². The number of amides is 3. The van der Waals surface area contributed by atoms with Crippen molar-refractivity contribution in [1.82, 2.24) is 15.1 Å².